The van der Waals surface area contributed by atoms with Crippen molar-refractivity contribution in [3.63, 3.8) is 0 Å². The van der Waals surface area contributed by atoms with E-state index in [0.29, 0.717) is 16.3 Å². The van der Waals surface area contributed by atoms with E-state index >= 15 is 0 Å². The zero-order valence-corrected chi connectivity index (χ0v) is 11.7. The average Bonchev–Trinajstić information content (AvgIpc) is 2.82. The molecule has 0 aromatic carbocycles. The number of aryl methyl sites for hydroxylation is 2. The van der Waals surface area contributed by atoms with Crippen LogP contribution in [0.2, 0.25) is 8.67 Å². The third kappa shape index (κ3) is 3.22. The molecule has 0 radical (unpaired) electrons. The maximum atomic E-state index is 11.0. The Morgan fingerprint density at radius 3 is 2.53 bits per heavy atom. The Hall–Kier alpha value is -0.550. The zero-order chi connectivity index (χ0) is 12.4. The van der Waals surface area contributed by atoms with Gasteiger partial charge in [-0.25, -0.2) is 4.79 Å². The summed E-state index contributed by atoms with van der Waals surface area (Å²) in [6.07, 6.45) is 1.46. The molecule has 6 heteroatoms. The highest BCUT2D eigenvalue weighted by molar-refractivity contribution is 7.17. The van der Waals surface area contributed by atoms with E-state index in [1.54, 1.807) is 0 Å². The molecule has 90 valence electrons. The molecule has 0 aliphatic rings. The minimum absolute atomic E-state index is 0.308. The van der Waals surface area contributed by atoms with Gasteiger partial charge in [0.15, 0.2) is 0 Å². The van der Waals surface area contributed by atoms with Crippen LogP contribution in [-0.4, -0.2) is 11.1 Å². The van der Waals surface area contributed by atoms with Gasteiger partial charge in [-0.05, 0) is 31.0 Å². The molecular formula is C11H8Cl2O2S2. The Bertz CT molecular complexity index is 545. The number of carboxylic acids is 1. The van der Waals surface area contributed by atoms with Crippen LogP contribution in [0.15, 0.2) is 18.2 Å². The van der Waals surface area contributed by atoms with E-state index in [4.69, 9.17) is 28.3 Å². The van der Waals surface area contributed by atoms with Crippen LogP contribution in [0.4, 0.5) is 0 Å². The number of hydrogen-bond acceptors (Lipinski definition) is 3. The molecule has 0 bridgehead atoms. The van der Waals surface area contributed by atoms with Crippen LogP contribution in [0.5, 0.6) is 0 Å². The highest BCUT2D eigenvalue weighted by atomic mass is 35.5. The molecule has 17 heavy (non-hydrogen) atoms. The second-order valence-electron chi connectivity index (χ2n) is 3.40. The Balaban J connectivity index is 2.11. The van der Waals surface area contributed by atoms with E-state index in [1.165, 1.54) is 28.7 Å². The molecule has 0 spiro atoms. The van der Waals surface area contributed by atoms with Crippen LogP contribution in [0.1, 0.15) is 20.1 Å². The number of halogens is 2. The van der Waals surface area contributed by atoms with Crippen molar-refractivity contribution < 1.29 is 9.90 Å². The predicted octanol–water partition coefficient (Wildman–Crippen LogP) is 4.60. The minimum Gasteiger partial charge on any atom is -0.478 e. The van der Waals surface area contributed by atoms with Gasteiger partial charge in [-0.2, -0.15) is 0 Å². The Morgan fingerprint density at radius 1 is 1.18 bits per heavy atom. The van der Waals surface area contributed by atoms with Gasteiger partial charge in [0, 0.05) is 9.75 Å². The molecule has 0 amide bonds. The molecular weight excluding hydrogens is 299 g/mol. The van der Waals surface area contributed by atoms with E-state index in [1.807, 2.05) is 12.1 Å². The van der Waals surface area contributed by atoms with Crippen molar-refractivity contribution in [1.82, 2.24) is 0 Å². The second kappa shape index (κ2) is 5.40. The van der Waals surface area contributed by atoms with Gasteiger partial charge in [0.25, 0.3) is 0 Å². The fourth-order valence-electron chi connectivity index (χ4n) is 1.49. The van der Waals surface area contributed by atoms with Crippen LogP contribution in [0.3, 0.4) is 0 Å². The van der Waals surface area contributed by atoms with E-state index in [-0.39, 0.29) is 0 Å². The molecule has 2 aromatic heterocycles. The molecule has 2 aromatic rings. The first-order valence-corrected chi connectivity index (χ1v) is 7.21. The van der Waals surface area contributed by atoms with Crippen LogP contribution >= 0.6 is 45.9 Å². The molecule has 2 heterocycles. The lowest BCUT2D eigenvalue weighted by atomic mass is 10.1. The van der Waals surface area contributed by atoms with Crippen molar-refractivity contribution in [3.05, 3.63) is 42.2 Å². The normalized spacial score (nSPS) is 10.7. The van der Waals surface area contributed by atoms with E-state index in [2.05, 4.69) is 0 Å². The fourth-order valence-corrected chi connectivity index (χ4v) is 3.83. The van der Waals surface area contributed by atoms with Gasteiger partial charge < -0.3 is 5.11 Å². The van der Waals surface area contributed by atoms with E-state index < -0.39 is 5.97 Å². The number of carbonyl (C=O) groups is 1. The summed E-state index contributed by atoms with van der Waals surface area (Å²) in [5.41, 5.74) is 0.308. The van der Waals surface area contributed by atoms with Gasteiger partial charge in [-0.15, -0.1) is 22.7 Å². The molecule has 2 nitrogen and oxygen atoms in total. The van der Waals surface area contributed by atoms with Gasteiger partial charge in [0.05, 0.1) is 14.2 Å². The SMILES string of the molecule is O=C(O)c1cc(Cl)sc1CCc1ccc(Cl)s1. The lowest BCUT2D eigenvalue weighted by Gasteiger charge is -1.98. The number of rotatable bonds is 4. The topological polar surface area (TPSA) is 37.3 Å². The predicted molar refractivity (Wildman–Crippen MR) is 73.0 cm³/mol. The quantitative estimate of drug-likeness (QED) is 0.896. The van der Waals surface area contributed by atoms with Crippen molar-refractivity contribution in [3.8, 4) is 0 Å². The van der Waals surface area contributed by atoms with Gasteiger partial charge in [-0.3, -0.25) is 0 Å². The molecule has 0 atom stereocenters. The maximum absolute atomic E-state index is 11.0. The summed E-state index contributed by atoms with van der Waals surface area (Å²) in [6, 6.07) is 5.31. The van der Waals surface area contributed by atoms with Crippen molar-refractivity contribution >= 4 is 51.8 Å². The molecule has 0 saturated carbocycles. The standard InChI is InChI=1S/C11H8Cl2O2S2/c12-9-4-2-6(16-9)1-3-8-7(11(14)15)5-10(13)17-8/h2,4-5H,1,3H2,(H,14,15). The first-order valence-electron chi connectivity index (χ1n) is 4.82. The third-order valence-electron chi connectivity index (χ3n) is 2.24. The highest BCUT2D eigenvalue weighted by Gasteiger charge is 2.14. The van der Waals surface area contributed by atoms with Crippen molar-refractivity contribution in [2.45, 2.75) is 12.8 Å². The molecule has 1 N–H and O–H groups in total. The van der Waals surface area contributed by atoms with Crippen LogP contribution in [-0.2, 0) is 12.8 Å². The second-order valence-corrected chi connectivity index (χ2v) is 6.97. The monoisotopic (exact) mass is 306 g/mol. The lowest BCUT2D eigenvalue weighted by molar-refractivity contribution is 0.0696. The molecule has 2 rings (SSSR count). The van der Waals surface area contributed by atoms with Gasteiger partial charge >= 0.3 is 5.97 Å². The Kier molecular flexibility index (Phi) is 4.09. The number of hydrogen-bond donors (Lipinski definition) is 1. The number of carboxylic acid groups (broad SMARTS) is 1. The van der Waals surface area contributed by atoms with Crippen molar-refractivity contribution in [1.29, 1.82) is 0 Å². The lowest BCUT2D eigenvalue weighted by Crippen LogP contribution is -1.99. The average molecular weight is 307 g/mol. The third-order valence-corrected chi connectivity index (χ3v) is 4.85. The van der Waals surface area contributed by atoms with Crippen LogP contribution < -0.4 is 0 Å². The first-order chi connectivity index (χ1) is 8.06. The molecule has 0 aliphatic carbocycles. The number of thiophene rings is 2. The Morgan fingerprint density at radius 2 is 1.94 bits per heavy atom. The van der Waals surface area contributed by atoms with Gasteiger partial charge in [-0.1, -0.05) is 23.2 Å². The smallest absolute Gasteiger partial charge is 0.336 e. The van der Waals surface area contributed by atoms with E-state index in [9.17, 15) is 4.79 Å². The fraction of sp³-hybridized carbons (Fsp3) is 0.182. The van der Waals surface area contributed by atoms with E-state index in [0.717, 1.165) is 20.5 Å². The van der Waals surface area contributed by atoms with Gasteiger partial charge in [0.2, 0.25) is 0 Å². The van der Waals surface area contributed by atoms with Crippen LogP contribution in [0, 0.1) is 0 Å². The summed E-state index contributed by atoms with van der Waals surface area (Å²) >= 11 is 14.5. The summed E-state index contributed by atoms with van der Waals surface area (Å²) in [6.45, 7) is 0. The molecule has 0 saturated heterocycles. The van der Waals surface area contributed by atoms with Crippen molar-refractivity contribution in [2.24, 2.45) is 0 Å². The summed E-state index contributed by atoms with van der Waals surface area (Å²) in [5, 5.41) is 9.01. The maximum Gasteiger partial charge on any atom is 0.336 e. The summed E-state index contributed by atoms with van der Waals surface area (Å²) in [7, 11) is 0. The molecule has 0 unspecified atom stereocenters. The number of aromatic carboxylic acids is 1. The molecule has 0 fully saturated rings. The summed E-state index contributed by atoms with van der Waals surface area (Å²) in [4.78, 5) is 12.9. The minimum atomic E-state index is -0.924. The van der Waals surface area contributed by atoms with Crippen LogP contribution in [0.25, 0.3) is 0 Å². The highest BCUT2D eigenvalue weighted by Crippen LogP contribution is 2.29. The zero-order valence-electron chi connectivity index (χ0n) is 8.57. The summed E-state index contributed by atoms with van der Waals surface area (Å²) < 4.78 is 1.27. The first kappa shape index (κ1) is 12.9. The van der Waals surface area contributed by atoms with Gasteiger partial charge in [0.1, 0.15) is 0 Å². The summed E-state index contributed by atoms with van der Waals surface area (Å²) in [5.74, 6) is -0.924. The Labute approximate surface area is 116 Å². The largest absolute Gasteiger partial charge is 0.478 e. The molecule has 0 aliphatic heterocycles. The van der Waals surface area contributed by atoms with Crippen molar-refractivity contribution in [2.75, 3.05) is 0 Å².